The van der Waals surface area contributed by atoms with Gasteiger partial charge in [-0.3, -0.25) is 9.69 Å². The molecule has 1 saturated heterocycles. The number of carbonyl (C=O) groups excluding carboxylic acids is 1. The van der Waals surface area contributed by atoms with Crippen LogP contribution in [0, 0.1) is 0 Å². The van der Waals surface area contributed by atoms with Gasteiger partial charge in [-0.25, -0.2) is 4.98 Å². The summed E-state index contributed by atoms with van der Waals surface area (Å²) < 4.78 is 5.48. The second-order valence-corrected chi connectivity index (χ2v) is 8.06. The van der Waals surface area contributed by atoms with Gasteiger partial charge in [0.1, 0.15) is 16.5 Å². The fourth-order valence-corrected chi connectivity index (χ4v) is 4.02. The van der Waals surface area contributed by atoms with E-state index in [2.05, 4.69) is 26.2 Å². The van der Waals surface area contributed by atoms with E-state index in [1.807, 2.05) is 42.6 Å². The number of methoxy groups -OCH3 is 1. The van der Waals surface area contributed by atoms with Crippen LogP contribution in [0.2, 0.25) is 0 Å². The van der Waals surface area contributed by atoms with Crippen LogP contribution < -0.4 is 15.0 Å². The number of carbonyl (C=O) groups is 1. The Balaban J connectivity index is 1.49. The van der Waals surface area contributed by atoms with Gasteiger partial charge in [-0.1, -0.05) is 12.1 Å². The largest absolute Gasteiger partial charge is 0.495 e. The number of aromatic nitrogens is 1. The van der Waals surface area contributed by atoms with E-state index in [-0.39, 0.29) is 5.91 Å². The van der Waals surface area contributed by atoms with Gasteiger partial charge in [0.25, 0.3) is 5.91 Å². The van der Waals surface area contributed by atoms with Crippen molar-refractivity contribution in [1.82, 2.24) is 20.1 Å². The van der Waals surface area contributed by atoms with Crippen molar-refractivity contribution < 1.29 is 9.53 Å². The zero-order valence-corrected chi connectivity index (χ0v) is 17.7. The van der Waals surface area contributed by atoms with Crippen molar-refractivity contribution in [2.75, 3.05) is 65.4 Å². The number of amides is 1. The lowest BCUT2D eigenvalue weighted by Crippen LogP contribution is -2.46. The second kappa shape index (κ2) is 9.86. The molecule has 0 spiro atoms. The van der Waals surface area contributed by atoms with Crippen molar-refractivity contribution in [3.05, 3.63) is 40.3 Å². The highest BCUT2D eigenvalue weighted by Crippen LogP contribution is 2.28. The Morgan fingerprint density at radius 3 is 2.71 bits per heavy atom. The number of rotatable bonds is 8. The van der Waals surface area contributed by atoms with E-state index in [1.165, 1.54) is 0 Å². The van der Waals surface area contributed by atoms with Crippen LogP contribution in [0.1, 0.15) is 15.5 Å². The molecule has 0 atom stereocenters. The summed E-state index contributed by atoms with van der Waals surface area (Å²) in [6.45, 7) is 6.05. The number of thiazole rings is 1. The highest BCUT2D eigenvalue weighted by molar-refractivity contribution is 7.09. The molecule has 0 unspecified atom stereocenters. The number of ether oxygens (including phenoxy) is 1. The van der Waals surface area contributed by atoms with E-state index in [0.29, 0.717) is 12.2 Å². The molecule has 8 heteroatoms. The van der Waals surface area contributed by atoms with Crippen molar-refractivity contribution in [1.29, 1.82) is 0 Å². The fourth-order valence-electron chi connectivity index (χ4n) is 3.20. The summed E-state index contributed by atoms with van der Waals surface area (Å²) in [5, 5.41) is 5.76. The summed E-state index contributed by atoms with van der Waals surface area (Å²) in [6, 6.07) is 8.15. The maximum atomic E-state index is 12.2. The lowest BCUT2D eigenvalue weighted by Gasteiger charge is -2.36. The lowest BCUT2D eigenvalue weighted by atomic mass is 10.2. The average molecular weight is 404 g/mol. The number of nitrogens with zero attached hydrogens (tertiary/aromatic N) is 4. The lowest BCUT2D eigenvalue weighted by molar-refractivity contribution is 0.0946. The van der Waals surface area contributed by atoms with Crippen LogP contribution in [0.15, 0.2) is 29.6 Å². The molecule has 7 nitrogen and oxygen atoms in total. The highest BCUT2D eigenvalue weighted by Gasteiger charge is 2.21. The summed E-state index contributed by atoms with van der Waals surface area (Å²) in [4.78, 5) is 23.5. The van der Waals surface area contributed by atoms with Gasteiger partial charge in [0.2, 0.25) is 0 Å². The van der Waals surface area contributed by atoms with Crippen molar-refractivity contribution in [2.24, 2.45) is 0 Å². The average Bonchev–Trinajstić information content (AvgIpc) is 3.17. The van der Waals surface area contributed by atoms with Crippen molar-refractivity contribution in [3.63, 3.8) is 0 Å². The number of hydrogen-bond donors (Lipinski definition) is 1. The number of benzene rings is 1. The number of anilines is 1. The Hall–Kier alpha value is -2.16. The van der Waals surface area contributed by atoms with Crippen LogP contribution in [0.5, 0.6) is 5.75 Å². The zero-order valence-electron chi connectivity index (χ0n) is 16.9. The van der Waals surface area contributed by atoms with Gasteiger partial charge < -0.3 is 19.9 Å². The maximum absolute atomic E-state index is 12.2. The molecular formula is C20H29N5O2S. The molecule has 1 aromatic carbocycles. The number of nitrogens with one attached hydrogen (secondary N) is 1. The molecule has 0 saturated carbocycles. The summed E-state index contributed by atoms with van der Waals surface area (Å²) >= 11 is 1.56. The Kier molecular flexibility index (Phi) is 7.24. The number of hydrogen-bond acceptors (Lipinski definition) is 7. The van der Waals surface area contributed by atoms with E-state index >= 15 is 0 Å². The molecule has 0 aliphatic carbocycles. The van der Waals surface area contributed by atoms with E-state index in [1.54, 1.807) is 18.4 Å². The van der Waals surface area contributed by atoms with Gasteiger partial charge in [-0.05, 0) is 26.2 Å². The van der Waals surface area contributed by atoms with Crippen molar-refractivity contribution in [2.45, 2.75) is 6.54 Å². The number of piperazine rings is 1. The molecule has 152 valence electrons. The number of para-hydroxylation sites is 2. The monoisotopic (exact) mass is 403 g/mol. The van der Waals surface area contributed by atoms with Crippen LogP contribution >= 0.6 is 11.3 Å². The predicted octanol–water partition coefficient (Wildman–Crippen LogP) is 1.77. The Morgan fingerprint density at radius 2 is 2.00 bits per heavy atom. The van der Waals surface area contributed by atoms with E-state index < -0.39 is 0 Å². The molecule has 2 heterocycles. The predicted molar refractivity (Wildman–Crippen MR) is 113 cm³/mol. The van der Waals surface area contributed by atoms with E-state index in [4.69, 9.17) is 4.74 Å². The third-order valence-corrected chi connectivity index (χ3v) is 5.62. The second-order valence-electron chi connectivity index (χ2n) is 7.12. The summed E-state index contributed by atoms with van der Waals surface area (Å²) in [5.41, 5.74) is 1.67. The smallest absolute Gasteiger partial charge is 0.270 e. The first-order valence-electron chi connectivity index (χ1n) is 9.54. The van der Waals surface area contributed by atoms with Gasteiger partial charge >= 0.3 is 0 Å². The standard InChI is InChI=1S/C20H29N5O2S/c1-23(2)9-8-21-20(26)16-15-28-19(22-16)14-24-10-12-25(13-11-24)17-6-4-5-7-18(17)27-3/h4-7,15H,8-14H2,1-3H3,(H,21,26). The maximum Gasteiger partial charge on any atom is 0.270 e. The molecular weight excluding hydrogens is 374 g/mol. The van der Waals surface area contributed by atoms with Gasteiger partial charge in [-0.15, -0.1) is 11.3 Å². The van der Waals surface area contributed by atoms with Crippen molar-refractivity contribution >= 4 is 22.9 Å². The molecule has 3 rings (SSSR count). The summed E-state index contributed by atoms with van der Waals surface area (Å²) in [7, 11) is 5.69. The minimum atomic E-state index is -0.0923. The van der Waals surface area contributed by atoms with E-state index in [9.17, 15) is 4.79 Å². The van der Waals surface area contributed by atoms with E-state index in [0.717, 1.165) is 55.7 Å². The van der Waals surface area contributed by atoms with Crippen LogP contribution in [-0.4, -0.2) is 81.2 Å². The fraction of sp³-hybridized carbons (Fsp3) is 0.500. The van der Waals surface area contributed by atoms with Gasteiger partial charge in [0.15, 0.2) is 0 Å². The molecule has 28 heavy (non-hydrogen) atoms. The molecule has 1 aromatic heterocycles. The molecule has 1 aliphatic heterocycles. The molecule has 0 radical (unpaired) electrons. The molecule has 1 N–H and O–H groups in total. The SMILES string of the molecule is COc1ccccc1N1CCN(Cc2nc(C(=O)NCCN(C)C)cs2)CC1. The quantitative estimate of drug-likeness (QED) is 0.725. The van der Waals surface area contributed by atoms with Crippen molar-refractivity contribution in [3.8, 4) is 5.75 Å². The third-order valence-electron chi connectivity index (χ3n) is 4.79. The Morgan fingerprint density at radius 1 is 1.25 bits per heavy atom. The first-order chi connectivity index (χ1) is 13.6. The highest BCUT2D eigenvalue weighted by atomic mass is 32.1. The number of likely N-dealkylation sites (N-methyl/N-ethyl adjacent to an activating group) is 1. The first-order valence-corrected chi connectivity index (χ1v) is 10.4. The summed E-state index contributed by atoms with van der Waals surface area (Å²) in [6.07, 6.45) is 0. The third kappa shape index (κ3) is 5.43. The zero-order chi connectivity index (χ0) is 19.9. The van der Waals surface area contributed by atoms with Crippen LogP contribution in [0.25, 0.3) is 0 Å². The minimum absolute atomic E-state index is 0.0923. The molecule has 1 amide bonds. The summed E-state index contributed by atoms with van der Waals surface area (Å²) in [5.74, 6) is 0.825. The normalized spacial score (nSPS) is 15.1. The van der Waals surface area contributed by atoms with Crippen LogP contribution in [-0.2, 0) is 6.54 Å². The van der Waals surface area contributed by atoms with Crippen LogP contribution in [0.3, 0.4) is 0 Å². The Bertz CT molecular complexity index is 771. The molecule has 0 bridgehead atoms. The topological polar surface area (TPSA) is 60.9 Å². The van der Waals surface area contributed by atoms with Gasteiger partial charge in [0, 0.05) is 44.6 Å². The van der Waals surface area contributed by atoms with Gasteiger partial charge in [0.05, 0.1) is 19.3 Å². The molecule has 1 aliphatic rings. The van der Waals surface area contributed by atoms with Gasteiger partial charge in [-0.2, -0.15) is 0 Å². The van der Waals surface area contributed by atoms with Crippen LogP contribution in [0.4, 0.5) is 5.69 Å². The Labute approximate surface area is 170 Å². The first kappa shape index (κ1) is 20.6. The molecule has 2 aromatic rings. The minimum Gasteiger partial charge on any atom is -0.495 e. The molecule has 1 fully saturated rings.